The van der Waals surface area contributed by atoms with Gasteiger partial charge in [0, 0.05) is 37.1 Å². The van der Waals surface area contributed by atoms with Gasteiger partial charge in [0.2, 0.25) is 0 Å². The molecule has 164 valence electrons. The van der Waals surface area contributed by atoms with Crippen LogP contribution in [0.15, 0.2) is 58.0 Å². The highest BCUT2D eigenvalue weighted by Gasteiger charge is 2.15. The first-order chi connectivity index (χ1) is 15.2. The van der Waals surface area contributed by atoms with Crippen molar-refractivity contribution in [3.8, 4) is 17.1 Å². The molecule has 3 heterocycles. The fourth-order valence-corrected chi connectivity index (χ4v) is 4.01. The van der Waals surface area contributed by atoms with E-state index in [0.29, 0.717) is 29.1 Å². The van der Waals surface area contributed by atoms with Gasteiger partial charge in [0.1, 0.15) is 17.1 Å². The van der Waals surface area contributed by atoms with Crippen molar-refractivity contribution in [1.82, 2.24) is 9.88 Å². The van der Waals surface area contributed by atoms with Crippen LogP contribution in [0.5, 0.6) is 5.75 Å². The van der Waals surface area contributed by atoms with Crippen LogP contribution in [0.2, 0.25) is 0 Å². The maximum atomic E-state index is 12.6. The Morgan fingerprint density at radius 3 is 2.61 bits per heavy atom. The molecule has 1 N–H and O–H groups in total. The molecule has 6 heteroatoms. The SMILES string of the molecule is O=c1cc(-c2ccncc2)oc2ccc(OCCCCCCN3CCC(O)CC3)cc12. The Kier molecular flexibility index (Phi) is 7.33. The summed E-state index contributed by atoms with van der Waals surface area (Å²) in [6, 6.07) is 10.6. The topological polar surface area (TPSA) is 75.8 Å². The average molecular weight is 423 g/mol. The quantitative estimate of drug-likeness (QED) is 0.520. The van der Waals surface area contributed by atoms with Gasteiger partial charge >= 0.3 is 0 Å². The van der Waals surface area contributed by atoms with Crippen LogP contribution in [0.25, 0.3) is 22.3 Å². The van der Waals surface area contributed by atoms with Crippen LogP contribution < -0.4 is 10.2 Å². The van der Waals surface area contributed by atoms with E-state index >= 15 is 0 Å². The van der Waals surface area contributed by atoms with Crippen molar-refractivity contribution < 1.29 is 14.3 Å². The molecule has 1 fully saturated rings. The van der Waals surface area contributed by atoms with E-state index < -0.39 is 0 Å². The number of rotatable bonds is 9. The standard InChI is InChI=1S/C25H30N2O4/c28-20-9-14-27(15-10-20)13-3-1-2-4-16-30-21-5-6-24-22(17-21)23(29)18-25(31-24)19-7-11-26-12-8-19/h5-8,11-12,17-18,20,28H,1-4,9-10,13-16H2. The molecule has 0 aliphatic carbocycles. The van der Waals surface area contributed by atoms with Gasteiger partial charge in [0.05, 0.1) is 18.1 Å². The highest BCUT2D eigenvalue weighted by molar-refractivity contribution is 5.80. The number of aromatic nitrogens is 1. The molecule has 0 amide bonds. The molecule has 0 unspecified atom stereocenters. The number of unbranched alkanes of at least 4 members (excludes halogenated alkanes) is 3. The molecule has 3 aromatic rings. The number of fused-ring (bicyclic) bond motifs is 1. The molecule has 2 aromatic heterocycles. The van der Waals surface area contributed by atoms with E-state index in [-0.39, 0.29) is 11.5 Å². The second kappa shape index (κ2) is 10.6. The zero-order chi connectivity index (χ0) is 21.5. The highest BCUT2D eigenvalue weighted by Crippen LogP contribution is 2.24. The number of aliphatic hydroxyl groups is 1. The summed E-state index contributed by atoms with van der Waals surface area (Å²) < 4.78 is 11.8. The molecule has 1 aliphatic rings. The third-order valence-corrected chi connectivity index (χ3v) is 5.86. The van der Waals surface area contributed by atoms with Crippen LogP contribution in [0, 0.1) is 0 Å². The molecular formula is C25H30N2O4. The van der Waals surface area contributed by atoms with Crippen molar-refractivity contribution in [3.63, 3.8) is 0 Å². The van der Waals surface area contributed by atoms with Crippen LogP contribution in [-0.2, 0) is 0 Å². The van der Waals surface area contributed by atoms with E-state index in [1.54, 1.807) is 24.5 Å². The summed E-state index contributed by atoms with van der Waals surface area (Å²) in [6.07, 6.45) is 9.55. The van der Waals surface area contributed by atoms with Gasteiger partial charge in [-0.2, -0.15) is 0 Å². The van der Waals surface area contributed by atoms with Gasteiger partial charge in [-0.15, -0.1) is 0 Å². The lowest BCUT2D eigenvalue weighted by Crippen LogP contribution is -2.36. The largest absolute Gasteiger partial charge is 0.494 e. The van der Waals surface area contributed by atoms with Crippen molar-refractivity contribution in [3.05, 3.63) is 59.0 Å². The zero-order valence-electron chi connectivity index (χ0n) is 17.8. The Morgan fingerprint density at radius 1 is 1.03 bits per heavy atom. The highest BCUT2D eigenvalue weighted by atomic mass is 16.5. The Hall–Kier alpha value is -2.70. The Labute approximate surface area is 182 Å². The molecule has 0 saturated carbocycles. The summed E-state index contributed by atoms with van der Waals surface area (Å²) in [6.45, 7) is 3.80. The molecular weight excluding hydrogens is 392 g/mol. The molecule has 1 aromatic carbocycles. The minimum absolute atomic E-state index is 0.0799. The average Bonchev–Trinajstić information content (AvgIpc) is 2.80. The number of nitrogens with zero attached hydrogens (tertiary/aromatic N) is 2. The first-order valence-electron chi connectivity index (χ1n) is 11.2. The molecule has 0 atom stereocenters. The monoisotopic (exact) mass is 422 g/mol. The number of hydrogen-bond donors (Lipinski definition) is 1. The smallest absolute Gasteiger partial charge is 0.193 e. The van der Waals surface area contributed by atoms with Gasteiger partial charge < -0.3 is 19.2 Å². The summed E-state index contributed by atoms with van der Waals surface area (Å²) in [5, 5.41) is 10.1. The first-order valence-corrected chi connectivity index (χ1v) is 11.2. The molecule has 6 nitrogen and oxygen atoms in total. The van der Waals surface area contributed by atoms with Gasteiger partial charge in [-0.3, -0.25) is 9.78 Å². The normalized spacial score (nSPS) is 15.4. The second-order valence-electron chi connectivity index (χ2n) is 8.20. The van der Waals surface area contributed by atoms with Gasteiger partial charge in [0.15, 0.2) is 5.43 Å². The predicted octanol–water partition coefficient (Wildman–Crippen LogP) is 4.25. The summed E-state index contributed by atoms with van der Waals surface area (Å²) >= 11 is 0. The van der Waals surface area contributed by atoms with E-state index in [9.17, 15) is 9.90 Å². The fraction of sp³-hybridized carbons (Fsp3) is 0.440. The van der Waals surface area contributed by atoms with Crippen molar-refractivity contribution >= 4 is 11.0 Å². The molecule has 0 bridgehead atoms. The van der Waals surface area contributed by atoms with Gasteiger partial charge in [-0.05, 0) is 62.6 Å². The first kappa shape index (κ1) is 21.5. The number of benzene rings is 1. The lowest BCUT2D eigenvalue weighted by Gasteiger charge is -2.29. The predicted molar refractivity (Wildman–Crippen MR) is 121 cm³/mol. The molecule has 31 heavy (non-hydrogen) atoms. The summed E-state index contributed by atoms with van der Waals surface area (Å²) in [5.74, 6) is 1.23. The maximum Gasteiger partial charge on any atom is 0.193 e. The Balaban J connectivity index is 1.23. The number of piperidine rings is 1. The number of pyridine rings is 1. The molecule has 1 saturated heterocycles. The summed E-state index contributed by atoms with van der Waals surface area (Å²) in [4.78, 5) is 19.0. The van der Waals surface area contributed by atoms with Crippen LogP contribution in [0.3, 0.4) is 0 Å². The second-order valence-corrected chi connectivity index (χ2v) is 8.20. The van der Waals surface area contributed by atoms with E-state index in [1.165, 1.54) is 18.9 Å². The van der Waals surface area contributed by atoms with Gasteiger partial charge in [-0.25, -0.2) is 0 Å². The van der Waals surface area contributed by atoms with Crippen molar-refractivity contribution in [2.45, 2.75) is 44.6 Å². The Morgan fingerprint density at radius 2 is 1.81 bits per heavy atom. The number of likely N-dealkylation sites (tertiary alicyclic amines) is 1. The number of hydrogen-bond acceptors (Lipinski definition) is 6. The van der Waals surface area contributed by atoms with E-state index in [4.69, 9.17) is 9.15 Å². The zero-order valence-corrected chi connectivity index (χ0v) is 17.8. The third kappa shape index (κ3) is 5.93. The molecule has 0 spiro atoms. The lowest BCUT2D eigenvalue weighted by atomic mass is 10.1. The minimum Gasteiger partial charge on any atom is -0.494 e. The van der Waals surface area contributed by atoms with Gasteiger partial charge in [-0.1, -0.05) is 12.8 Å². The molecule has 1 aliphatic heterocycles. The van der Waals surface area contributed by atoms with Crippen LogP contribution in [0.1, 0.15) is 38.5 Å². The molecule has 4 rings (SSSR count). The fourth-order valence-electron chi connectivity index (χ4n) is 4.01. The minimum atomic E-state index is -0.0988. The lowest BCUT2D eigenvalue weighted by molar-refractivity contribution is 0.0817. The number of ether oxygens (including phenoxy) is 1. The third-order valence-electron chi connectivity index (χ3n) is 5.86. The van der Waals surface area contributed by atoms with Crippen LogP contribution in [-0.4, -0.2) is 47.3 Å². The number of aliphatic hydroxyl groups excluding tert-OH is 1. The maximum absolute atomic E-state index is 12.6. The van der Waals surface area contributed by atoms with E-state index in [1.807, 2.05) is 18.2 Å². The summed E-state index contributed by atoms with van der Waals surface area (Å²) in [5.41, 5.74) is 1.30. The van der Waals surface area contributed by atoms with E-state index in [0.717, 1.165) is 50.9 Å². The van der Waals surface area contributed by atoms with Crippen LogP contribution in [0.4, 0.5) is 0 Å². The Bertz CT molecular complexity index is 1030. The van der Waals surface area contributed by atoms with Crippen molar-refractivity contribution in [2.24, 2.45) is 0 Å². The van der Waals surface area contributed by atoms with Gasteiger partial charge in [0.25, 0.3) is 0 Å². The summed E-state index contributed by atoms with van der Waals surface area (Å²) in [7, 11) is 0. The van der Waals surface area contributed by atoms with Crippen LogP contribution >= 0.6 is 0 Å². The van der Waals surface area contributed by atoms with Crippen molar-refractivity contribution in [2.75, 3.05) is 26.2 Å². The van der Waals surface area contributed by atoms with E-state index in [2.05, 4.69) is 9.88 Å². The van der Waals surface area contributed by atoms with Crippen molar-refractivity contribution in [1.29, 1.82) is 0 Å². The molecule has 0 radical (unpaired) electrons.